The number of carbonyl (C=O) groups is 1. The van der Waals surface area contributed by atoms with Gasteiger partial charge in [-0.2, -0.15) is 0 Å². The molecule has 0 N–H and O–H groups in total. The van der Waals surface area contributed by atoms with Crippen molar-refractivity contribution in [2.75, 3.05) is 7.11 Å². The second-order valence-electron chi connectivity index (χ2n) is 5.78. The summed E-state index contributed by atoms with van der Waals surface area (Å²) < 4.78 is 10.7. The molecule has 10 nitrogen and oxygen atoms in total. The molecule has 2 aromatic carbocycles. The summed E-state index contributed by atoms with van der Waals surface area (Å²) in [6.07, 6.45) is 0. The van der Waals surface area contributed by atoms with E-state index in [1.807, 2.05) is 12.3 Å². The fraction of sp³-hybridized carbons (Fsp3) is 0.111. The first-order valence-electron chi connectivity index (χ1n) is 8.21. The molecule has 0 aliphatic carbocycles. The number of benzene rings is 2. The van der Waals surface area contributed by atoms with Crippen molar-refractivity contribution in [1.82, 2.24) is 4.98 Å². The largest absolute Gasteiger partial charge is 0.496 e. The zero-order valence-corrected chi connectivity index (χ0v) is 17.2. The topological polar surface area (TPSA) is 135 Å². The lowest BCUT2D eigenvalue weighted by Crippen LogP contribution is -2.10. The minimum absolute atomic E-state index is 0.119. The van der Waals surface area contributed by atoms with Crippen molar-refractivity contribution in [3.05, 3.63) is 73.3 Å². The maximum atomic E-state index is 12.5. The van der Waals surface area contributed by atoms with Crippen LogP contribution in [0.4, 0.5) is 11.4 Å². The molecular weight excluding hydrogens is 434 g/mol. The molecule has 30 heavy (non-hydrogen) atoms. The van der Waals surface area contributed by atoms with Crippen LogP contribution in [0.15, 0.2) is 51.0 Å². The van der Waals surface area contributed by atoms with Crippen molar-refractivity contribution in [3.8, 4) is 11.5 Å². The standard InChI is InChI=1S/C18H13N3O7S2/c1-10-9-29-18(19-10)30-16-6-3-11(7-14(16)21(25)26)17(22)28-15-5-4-12(27-2)8-13(15)20(23)24/h3-9H,1-2H3. The highest BCUT2D eigenvalue weighted by Gasteiger charge is 2.23. The zero-order chi connectivity index (χ0) is 21.8. The molecular formula is C18H13N3O7S2. The van der Waals surface area contributed by atoms with Gasteiger partial charge in [0.25, 0.3) is 5.69 Å². The van der Waals surface area contributed by atoms with E-state index < -0.39 is 21.5 Å². The van der Waals surface area contributed by atoms with Gasteiger partial charge in [-0.1, -0.05) is 11.8 Å². The average Bonchev–Trinajstić information content (AvgIpc) is 3.12. The predicted molar refractivity (Wildman–Crippen MR) is 109 cm³/mol. The quantitative estimate of drug-likeness (QED) is 0.219. The van der Waals surface area contributed by atoms with E-state index in [1.165, 1.54) is 42.7 Å². The third-order valence-corrected chi connectivity index (χ3v) is 5.87. The lowest BCUT2D eigenvalue weighted by Gasteiger charge is -2.07. The number of aromatic nitrogens is 1. The Labute approximate surface area is 177 Å². The monoisotopic (exact) mass is 447 g/mol. The summed E-state index contributed by atoms with van der Waals surface area (Å²) in [4.78, 5) is 38.4. The summed E-state index contributed by atoms with van der Waals surface area (Å²) in [5, 5.41) is 24.5. The molecule has 12 heteroatoms. The smallest absolute Gasteiger partial charge is 0.344 e. The van der Waals surface area contributed by atoms with Crippen molar-refractivity contribution in [1.29, 1.82) is 0 Å². The first-order valence-corrected chi connectivity index (χ1v) is 9.91. The van der Waals surface area contributed by atoms with Crippen LogP contribution in [0.2, 0.25) is 0 Å². The molecule has 0 unspecified atom stereocenters. The van der Waals surface area contributed by atoms with Gasteiger partial charge in [-0.05, 0) is 31.2 Å². The summed E-state index contributed by atoms with van der Waals surface area (Å²) in [5.41, 5.74) is -0.0898. The van der Waals surface area contributed by atoms with Gasteiger partial charge in [-0.3, -0.25) is 20.2 Å². The third kappa shape index (κ3) is 4.72. The Morgan fingerprint density at radius 3 is 2.43 bits per heavy atom. The molecule has 0 aliphatic heterocycles. The number of nitrogens with zero attached hydrogens (tertiary/aromatic N) is 3. The minimum Gasteiger partial charge on any atom is -0.496 e. The van der Waals surface area contributed by atoms with Crippen molar-refractivity contribution in [2.45, 2.75) is 16.2 Å². The number of hydrogen-bond acceptors (Lipinski definition) is 10. The number of nitro groups is 2. The van der Waals surface area contributed by atoms with E-state index >= 15 is 0 Å². The van der Waals surface area contributed by atoms with E-state index in [-0.39, 0.29) is 22.7 Å². The summed E-state index contributed by atoms with van der Waals surface area (Å²) in [5.74, 6) is -1.05. The van der Waals surface area contributed by atoms with Crippen molar-refractivity contribution < 1.29 is 24.1 Å². The average molecular weight is 447 g/mol. The number of methoxy groups -OCH3 is 1. The Kier molecular flexibility index (Phi) is 6.28. The van der Waals surface area contributed by atoms with Crippen LogP contribution in [0, 0.1) is 27.2 Å². The van der Waals surface area contributed by atoms with Gasteiger partial charge in [0.1, 0.15) is 5.75 Å². The highest BCUT2D eigenvalue weighted by atomic mass is 32.2. The van der Waals surface area contributed by atoms with Crippen LogP contribution >= 0.6 is 23.1 Å². The molecule has 0 amide bonds. The Balaban J connectivity index is 1.89. The molecule has 0 fully saturated rings. The molecule has 0 radical (unpaired) electrons. The van der Waals surface area contributed by atoms with Crippen molar-refractivity contribution in [2.24, 2.45) is 0 Å². The highest BCUT2D eigenvalue weighted by Crippen LogP contribution is 2.37. The van der Waals surface area contributed by atoms with Crippen molar-refractivity contribution in [3.63, 3.8) is 0 Å². The summed E-state index contributed by atoms with van der Waals surface area (Å²) in [6.45, 7) is 1.81. The zero-order valence-electron chi connectivity index (χ0n) is 15.6. The number of rotatable bonds is 7. The number of carbonyl (C=O) groups excluding carboxylic acids is 1. The number of esters is 1. The second-order valence-corrected chi connectivity index (χ2v) is 7.92. The Morgan fingerprint density at radius 2 is 1.83 bits per heavy atom. The first kappa shape index (κ1) is 21.2. The van der Waals surface area contributed by atoms with Crippen LogP contribution in [0.25, 0.3) is 0 Å². The molecule has 3 rings (SSSR count). The fourth-order valence-corrected chi connectivity index (χ4v) is 4.24. The van der Waals surface area contributed by atoms with Gasteiger partial charge >= 0.3 is 11.7 Å². The number of ether oxygens (including phenoxy) is 2. The normalized spacial score (nSPS) is 10.5. The Morgan fingerprint density at radius 1 is 1.10 bits per heavy atom. The van der Waals surface area contributed by atoms with E-state index in [4.69, 9.17) is 9.47 Å². The van der Waals surface area contributed by atoms with Crippen LogP contribution < -0.4 is 9.47 Å². The van der Waals surface area contributed by atoms with Crippen LogP contribution in [0.1, 0.15) is 16.1 Å². The van der Waals surface area contributed by atoms with Gasteiger partial charge in [-0.25, -0.2) is 9.78 Å². The Hall–Kier alpha value is -3.51. The third-order valence-electron chi connectivity index (χ3n) is 3.75. The maximum absolute atomic E-state index is 12.5. The fourth-order valence-electron chi connectivity index (χ4n) is 2.36. The molecule has 0 saturated carbocycles. The van der Waals surface area contributed by atoms with Gasteiger partial charge in [0, 0.05) is 17.1 Å². The van der Waals surface area contributed by atoms with Crippen LogP contribution in [-0.2, 0) is 0 Å². The van der Waals surface area contributed by atoms with Gasteiger partial charge < -0.3 is 9.47 Å². The molecule has 154 valence electrons. The van der Waals surface area contributed by atoms with E-state index in [0.717, 1.165) is 29.6 Å². The first-order chi connectivity index (χ1) is 14.3. The highest BCUT2D eigenvalue weighted by molar-refractivity contribution is 8.01. The van der Waals surface area contributed by atoms with E-state index in [1.54, 1.807) is 0 Å². The van der Waals surface area contributed by atoms with E-state index in [0.29, 0.717) is 9.24 Å². The summed E-state index contributed by atoms with van der Waals surface area (Å²) >= 11 is 2.46. The number of hydrogen-bond donors (Lipinski definition) is 0. The number of aryl methyl sites for hydroxylation is 1. The van der Waals surface area contributed by atoms with Gasteiger partial charge in [-0.15, -0.1) is 11.3 Å². The second kappa shape index (κ2) is 8.88. The van der Waals surface area contributed by atoms with Gasteiger partial charge in [0.05, 0.1) is 33.5 Å². The molecule has 0 atom stereocenters. The molecule has 0 bridgehead atoms. The van der Waals surface area contributed by atoms with Crippen molar-refractivity contribution >= 4 is 40.4 Å². The number of thiazole rings is 1. The minimum atomic E-state index is -0.965. The lowest BCUT2D eigenvalue weighted by atomic mass is 10.2. The molecule has 3 aromatic rings. The van der Waals surface area contributed by atoms with Crippen LogP contribution in [0.3, 0.4) is 0 Å². The van der Waals surface area contributed by atoms with Gasteiger partial charge in [0.15, 0.2) is 4.34 Å². The molecule has 0 aliphatic rings. The van der Waals surface area contributed by atoms with Gasteiger partial charge in [0.2, 0.25) is 5.75 Å². The van der Waals surface area contributed by atoms with Crippen LogP contribution in [0.5, 0.6) is 11.5 Å². The van der Waals surface area contributed by atoms with E-state index in [9.17, 15) is 25.0 Å². The molecule has 0 spiro atoms. The molecule has 0 saturated heterocycles. The predicted octanol–water partition coefficient (Wildman–Crippen LogP) is 4.65. The van der Waals surface area contributed by atoms with Crippen LogP contribution in [-0.4, -0.2) is 27.9 Å². The van der Waals surface area contributed by atoms with E-state index in [2.05, 4.69) is 4.98 Å². The SMILES string of the molecule is COc1ccc(OC(=O)c2ccc(Sc3nc(C)cs3)c([N+](=O)[O-])c2)c([N+](=O)[O-])c1. The summed E-state index contributed by atoms with van der Waals surface area (Å²) in [7, 11) is 1.34. The number of nitro benzene ring substituents is 2. The molecule has 1 aromatic heterocycles. The molecule has 1 heterocycles. The lowest BCUT2D eigenvalue weighted by molar-refractivity contribution is -0.387. The maximum Gasteiger partial charge on any atom is 0.344 e. The summed E-state index contributed by atoms with van der Waals surface area (Å²) in [6, 6.07) is 7.57. The Bertz CT molecular complexity index is 1150.